The zero-order chi connectivity index (χ0) is 10.1. The Morgan fingerprint density at radius 3 is 2.62 bits per heavy atom. The molecule has 4 heteroatoms. The van der Waals surface area contributed by atoms with Crippen molar-refractivity contribution in [1.29, 1.82) is 0 Å². The minimum Gasteiger partial charge on any atom is -0.439 e. The summed E-state index contributed by atoms with van der Waals surface area (Å²) in [6.07, 6.45) is 1.25. The van der Waals surface area contributed by atoms with Gasteiger partial charge in [-0.2, -0.15) is 0 Å². The first-order valence-electron chi connectivity index (χ1n) is 4.49. The van der Waals surface area contributed by atoms with Gasteiger partial charge in [0.2, 0.25) is 0 Å². The van der Waals surface area contributed by atoms with Crippen LogP contribution in [0, 0.1) is 0 Å². The fourth-order valence-electron chi connectivity index (χ4n) is 0.610. The van der Waals surface area contributed by atoms with E-state index in [-0.39, 0.29) is 18.9 Å². The number of carbonyl (C=O) groups excluding carboxylic acids is 1. The molecule has 0 aromatic heterocycles. The smallest absolute Gasteiger partial charge is 0.304 e. The van der Waals surface area contributed by atoms with Crippen LogP contribution in [0.15, 0.2) is 0 Å². The van der Waals surface area contributed by atoms with Gasteiger partial charge in [0.15, 0.2) is 6.79 Å². The Morgan fingerprint density at radius 1 is 1.38 bits per heavy atom. The molecule has 0 aromatic rings. The maximum absolute atomic E-state index is 10.3. The molecule has 4 nitrogen and oxygen atoms in total. The Hall–Kier alpha value is -0.610. The lowest BCUT2D eigenvalue weighted by Gasteiger charge is -2.10. The van der Waals surface area contributed by atoms with Gasteiger partial charge < -0.3 is 14.2 Å². The van der Waals surface area contributed by atoms with Crippen molar-refractivity contribution in [3.63, 3.8) is 0 Å². The number of rotatable bonds is 7. The summed E-state index contributed by atoms with van der Waals surface area (Å²) in [6.45, 7) is 6.42. The standard InChI is InChI=1S/C9H18O4/c1-4-8(2)12-6-5-11-7-13-9(3)10/h8H,4-7H2,1-3H3. The van der Waals surface area contributed by atoms with Crippen LogP contribution in [0.1, 0.15) is 27.2 Å². The molecule has 0 amide bonds. The minimum atomic E-state index is -0.331. The maximum Gasteiger partial charge on any atom is 0.304 e. The molecule has 0 heterocycles. The van der Waals surface area contributed by atoms with Gasteiger partial charge in [-0.3, -0.25) is 4.79 Å². The van der Waals surface area contributed by atoms with Gasteiger partial charge in [-0.05, 0) is 13.3 Å². The third-order valence-corrected chi connectivity index (χ3v) is 1.55. The molecular weight excluding hydrogens is 172 g/mol. The van der Waals surface area contributed by atoms with E-state index < -0.39 is 0 Å². The average Bonchev–Trinajstić information content (AvgIpc) is 2.10. The molecule has 1 unspecified atom stereocenters. The highest BCUT2D eigenvalue weighted by molar-refractivity contribution is 5.65. The molecule has 0 aliphatic heterocycles. The van der Waals surface area contributed by atoms with Crippen molar-refractivity contribution in [2.45, 2.75) is 33.3 Å². The lowest BCUT2D eigenvalue weighted by molar-refractivity contribution is -0.155. The van der Waals surface area contributed by atoms with E-state index in [1.54, 1.807) is 0 Å². The Kier molecular flexibility index (Phi) is 7.63. The van der Waals surface area contributed by atoms with Crippen molar-refractivity contribution in [2.75, 3.05) is 20.0 Å². The van der Waals surface area contributed by atoms with Crippen LogP contribution >= 0.6 is 0 Å². The topological polar surface area (TPSA) is 44.8 Å². The fourth-order valence-corrected chi connectivity index (χ4v) is 0.610. The van der Waals surface area contributed by atoms with Gasteiger partial charge in [0, 0.05) is 6.92 Å². The van der Waals surface area contributed by atoms with Gasteiger partial charge in [0.1, 0.15) is 0 Å². The van der Waals surface area contributed by atoms with E-state index in [2.05, 4.69) is 11.7 Å². The highest BCUT2D eigenvalue weighted by atomic mass is 16.7. The molecular formula is C9H18O4. The molecule has 0 aliphatic rings. The first-order chi connectivity index (χ1) is 6.16. The van der Waals surface area contributed by atoms with Gasteiger partial charge in [-0.25, -0.2) is 0 Å². The van der Waals surface area contributed by atoms with E-state index >= 15 is 0 Å². The summed E-state index contributed by atoms with van der Waals surface area (Å²) in [5, 5.41) is 0. The molecule has 0 spiro atoms. The molecule has 0 bridgehead atoms. The van der Waals surface area contributed by atoms with Crippen molar-refractivity contribution in [1.82, 2.24) is 0 Å². The number of carbonyl (C=O) groups is 1. The molecule has 13 heavy (non-hydrogen) atoms. The van der Waals surface area contributed by atoms with Crippen LogP contribution in [0.2, 0.25) is 0 Å². The second-order valence-corrected chi connectivity index (χ2v) is 2.75. The molecule has 0 fully saturated rings. The van der Waals surface area contributed by atoms with Gasteiger partial charge in [-0.1, -0.05) is 6.92 Å². The predicted molar refractivity (Wildman–Crippen MR) is 48.3 cm³/mol. The second kappa shape index (κ2) is 8.01. The molecule has 1 atom stereocenters. The van der Waals surface area contributed by atoms with E-state index in [0.717, 1.165) is 6.42 Å². The zero-order valence-corrected chi connectivity index (χ0v) is 8.54. The van der Waals surface area contributed by atoms with E-state index in [0.29, 0.717) is 13.2 Å². The van der Waals surface area contributed by atoms with E-state index in [9.17, 15) is 4.79 Å². The molecule has 0 aliphatic carbocycles. The minimum absolute atomic E-state index is 0.0131. The van der Waals surface area contributed by atoms with Crippen LogP contribution < -0.4 is 0 Å². The summed E-state index contributed by atoms with van der Waals surface area (Å²) in [7, 11) is 0. The predicted octanol–water partition coefficient (Wildman–Crippen LogP) is 1.34. The normalized spacial score (nSPS) is 12.5. The molecule has 0 N–H and O–H groups in total. The third-order valence-electron chi connectivity index (χ3n) is 1.55. The van der Waals surface area contributed by atoms with Crippen LogP contribution in [-0.2, 0) is 19.0 Å². The number of hydrogen-bond donors (Lipinski definition) is 0. The average molecular weight is 190 g/mol. The second-order valence-electron chi connectivity index (χ2n) is 2.75. The van der Waals surface area contributed by atoms with Crippen LogP contribution in [-0.4, -0.2) is 32.1 Å². The fraction of sp³-hybridized carbons (Fsp3) is 0.889. The van der Waals surface area contributed by atoms with Crippen molar-refractivity contribution in [3.05, 3.63) is 0 Å². The third kappa shape index (κ3) is 9.30. The molecule has 0 saturated heterocycles. The summed E-state index contributed by atoms with van der Waals surface area (Å²) in [5.41, 5.74) is 0. The molecule has 0 aromatic carbocycles. The summed E-state index contributed by atoms with van der Waals surface area (Å²) >= 11 is 0. The summed E-state index contributed by atoms with van der Waals surface area (Å²) in [5.74, 6) is -0.331. The SMILES string of the molecule is CCC(C)OCCOCOC(C)=O. The quantitative estimate of drug-likeness (QED) is 0.345. The number of esters is 1. The van der Waals surface area contributed by atoms with Crippen molar-refractivity contribution in [3.8, 4) is 0 Å². The zero-order valence-electron chi connectivity index (χ0n) is 8.54. The molecule has 0 rings (SSSR count). The Labute approximate surface area is 79.2 Å². The highest BCUT2D eigenvalue weighted by Gasteiger charge is 1.97. The molecule has 0 saturated carbocycles. The van der Waals surface area contributed by atoms with Crippen LogP contribution in [0.5, 0.6) is 0 Å². The first kappa shape index (κ1) is 12.4. The molecule has 0 radical (unpaired) electrons. The summed E-state index contributed by atoms with van der Waals surface area (Å²) in [6, 6.07) is 0. The van der Waals surface area contributed by atoms with Gasteiger partial charge in [0.25, 0.3) is 0 Å². The summed E-state index contributed by atoms with van der Waals surface area (Å²) in [4.78, 5) is 10.3. The largest absolute Gasteiger partial charge is 0.439 e. The number of ether oxygens (including phenoxy) is 3. The van der Waals surface area contributed by atoms with Crippen molar-refractivity contribution < 1.29 is 19.0 Å². The van der Waals surface area contributed by atoms with Gasteiger partial charge >= 0.3 is 5.97 Å². The van der Waals surface area contributed by atoms with E-state index in [1.807, 2.05) is 6.92 Å². The highest BCUT2D eigenvalue weighted by Crippen LogP contribution is 1.94. The van der Waals surface area contributed by atoms with E-state index in [1.165, 1.54) is 6.92 Å². The van der Waals surface area contributed by atoms with Crippen LogP contribution in [0.25, 0.3) is 0 Å². The molecule has 78 valence electrons. The Balaban J connectivity index is 3.04. The van der Waals surface area contributed by atoms with Crippen molar-refractivity contribution in [2.24, 2.45) is 0 Å². The van der Waals surface area contributed by atoms with Gasteiger partial charge in [0.05, 0.1) is 19.3 Å². The lowest BCUT2D eigenvalue weighted by Crippen LogP contribution is -2.13. The monoisotopic (exact) mass is 190 g/mol. The number of hydrogen-bond acceptors (Lipinski definition) is 4. The Bertz CT molecular complexity index is 136. The van der Waals surface area contributed by atoms with Crippen LogP contribution in [0.4, 0.5) is 0 Å². The van der Waals surface area contributed by atoms with Crippen LogP contribution in [0.3, 0.4) is 0 Å². The van der Waals surface area contributed by atoms with Gasteiger partial charge in [-0.15, -0.1) is 0 Å². The van der Waals surface area contributed by atoms with Crippen molar-refractivity contribution >= 4 is 5.97 Å². The lowest BCUT2D eigenvalue weighted by atomic mass is 10.3. The van der Waals surface area contributed by atoms with E-state index in [4.69, 9.17) is 9.47 Å². The Morgan fingerprint density at radius 2 is 2.08 bits per heavy atom. The maximum atomic E-state index is 10.3. The first-order valence-corrected chi connectivity index (χ1v) is 4.49. The summed E-state index contributed by atoms with van der Waals surface area (Å²) < 4.78 is 14.9.